The van der Waals surface area contributed by atoms with Gasteiger partial charge in [-0.15, -0.1) is 0 Å². The van der Waals surface area contributed by atoms with Gasteiger partial charge in [0.25, 0.3) is 0 Å². The van der Waals surface area contributed by atoms with Gasteiger partial charge >= 0.3 is 0 Å². The molecule has 0 bridgehead atoms. The Morgan fingerprint density at radius 1 is 1.09 bits per heavy atom. The average Bonchev–Trinajstić information content (AvgIpc) is 3.19. The van der Waals surface area contributed by atoms with E-state index in [2.05, 4.69) is 25.8 Å². The van der Waals surface area contributed by atoms with Crippen LogP contribution in [0.2, 0.25) is 0 Å². The molecule has 0 unspecified atom stereocenters. The van der Waals surface area contributed by atoms with Crippen LogP contribution in [0, 0.1) is 13.8 Å². The van der Waals surface area contributed by atoms with Crippen LogP contribution in [0.25, 0.3) is 0 Å². The Morgan fingerprint density at radius 2 is 1.86 bits per heavy atom. The van der Waals surface area contributed by atoms with Crippen LogP contribution < -0.4 is 4.90 Å². The first kappa shape index (κ1) is 13.8. The van der Waals surface area contributed by atoms with Gasteiger partial charge in [-0.05, 0) is 44.4 Å². The second kappa shape index (κ2) is 5.39. The van der Waals surface area contributed by atoms with Gasteiger partial charge in [-0.3, -0.25) is 4.90 Å². The van der Waals surface area contributed by atoms with Crippen LogP contribution >= 0.6 is 0 Å². The summed E-state index contributed by atoms with van der Waals surface area (Å²) in [7, 11) is 0. The van der Waals surface area contributed by atoms with Crippen LogP contribution in [-0.4, -0.2) is 40.0 Å². The van der Waals surface area contributed by atoms with Crippen molar-refractivity contribution < 1.29 is 4.42 Å². The second-order valence-electron chi connectivity index (χ2n) is 6.45. The number of fused-ring (bicyclic) bond motifs is 1. The molecule has 0 aromatic carbocycles. The van der Waals surface area contributed by atoms with E-state index in [4.69, 9.17) is 4.42 Å². The molecule has 2 atom stereocenters. The van der Waals surface area contributed by atoms with Crippen LogP contribution in [0.3, 0.4) is 0 Å². The van der Waals surface area contributed by atoms with Gasteiger partial charge in [0.15, 0.2) is 0 Å². The molecule has 5 heteroatoms. The molecule has 2 aromatic rings. The van der Waals surface area contributed by atoms with E-state index < -0.39 is 0 Å². The molecule has 2 fully saturated rings. The summed E-state index contributed by atoms with van der Waals surface area (Å²) in [5.41, 5.74) is 1.11. The average molecular weight is 298 g/mol. The van der Waals surface area contributed by atoms with Crippen LogP contribution in [0.4, 0.5) is 5.95 Å². The Hall–Kier alpha value is -1.88. The SMILES string of the molecule is Cc1cnc(N2CC[C@@H]3[C@H]2CCN3Cc2ccc(C)o2)nc1. The molecule has 0 N–H and O–H groups in total. The Kier molecular flexibility index (Phi) is 3.37. The van der Waals surface area contributed by atoms with Gasteiger partial charge in [0, 0.05) is 37.6 Å². The molecule has 0 radical (unpaired) electrons. The van der Waals surface area contributed by atoms with Crippen molar-refractivity contribution in [2.45, 2.75) is 45.3 Å². The number of anilines is 1. The molecule has 22 heavy (non-hydrogen) atoms. The van der Waals surface area contributed by atoms with Crippen LogP contribution in [0.5, 0.6) is 0 Å². The lowest BCUT2D eigenvalue weighted by Crippen LogP contribution is -2.37. The summed E-state index contributed by atoms with van der Waals surface area (Å²) in [6, 6.07) is 5.27. The zero-order valence-electron chi connectivity index (χ0n) is 13.2. The molecule has 0 aliphatic carbocycles. The first-order valence-corrected chi connectivity index (χ1v) is 8.05. The molecular weight excluding hydrogens is 276 g/mol. The van der Waals surface area contributed by atoms with Gasteiger partial charge in [0.2, 0.25) is 5.95 Å². The molecule has 2 saturated heterocycles. The van der Waals surface area contributed by atoms with E-state index in [1.54, 1.807) is 0 Å². The van der Waals surface area contributed by atoms with Crippen LogP contribution in [-0.2, 0) is 6.54 Å². The molecule has 116 valence electrons. The van der Waals surface area contributed by atoms with E-state index in [-0.39, 0.29) is 0 Å². The predicted octanol–water partition coefficient (Wildman–Crippen LogP) is 2.54. The Bertz CT molecular complexity index is 651. The topological polar surface area (TPSA) is 45.4 Å². The van der Waals surface area contributed by atoms with E-state index in [1.807, 2.05) is 32.3 Å². The standard InChI is InChI=1S/C17H22N4O/c1-12-9-18-17(19-10-12)21-8-6-15-16(21)5-7-20(15)11-14-4-3-13(2)22-14/h3-4,9-10,15-16H,5-8,11H2,1-2H3/t15-,16-/m1/s1. The fraction of sp³-hybridized carbons (Fsp3) is 0.529. The van der Waals surface area contributed by atoms with Gasteiger partial charge in [-0.1, -0.05) is 0 Å². The third kappa shape index (κ3) is 2.39. The molecule has 4 rings (SSSR count). The highest BCUT2D eigenvalue weighted by Gasteiger charge is 2.43. The summed E-state index contributed by atoms with van der Waals surface area (Å²) >= 11 is 0. The first-order valence-electron chi connectivity index (χ1n) is 8.05. The van der Waals surface area contributed by atoms with E-state index in [0.717, 1.165) is 42.7 Å². The molecule has 2 aromatic heterocycles. The number of furan rings is 1. The summed E-state index contributed by atoms with van der Waals surface area (Å²) in [4.78, 5) is 14.0. The van der Waals surface area contributed by atoms with Crippen molar-refractivity contribution in [2.24, 2.45) is 0 Å². The zero-order chi connectivity index (χ0) is 15.1. The van der Waals surface area contributed by atoms with Crippen molar-refractivity contribution in [3.63, 3.8) is 0 Å². The largest absolute Gasteiger partial charge is 0.465 e. The van der Waals surface area contributed by atoms with E-state index >= 15 is 0 Å². The van der Waals surface area contributed by atoms with Crippen molar-refractivity contribution in [2.75, 3.05) is 18.0 Å². The van der Waals surface area contributed by atoms with Gasteiger partial charge in [0.1, 0.15) is 11.5 Å². The lowest BCUT2D eigenvalue weighted by Gasteiger charge is -2.25. The monoisotopic (exact) mass is 298 g/mol. The quantitative estimate of drug-likeness (QED) is 0.871. The summed E-state index contributed by atoms with van der Waals surface area (Å²) < 4.78 is 5.74. The zero-order valence-corrected chi connectivity index (χ0v) is 13.2. The van der Waals surface area contributed by atoms with E-state index in [9.17, 15) is 0 Å². The lowest BCUT2D eigenvalue weighted by molar-refractivity contribution is 0.225. The van der Waals surface area contributed by atoms with Gasteiger partial charge in [-0.2, -0.15) is 0 Å². The fourth-order valence-electron chi connectivity index (χ4n) is 3.82. The normalized spacial score (nSPS) is 24.9. The fourth-order valence-corrected chi connectivity index (χ4v) is 3.82. The Labute approximate surface area is 131 Å². The minimum Gasteiger partial charge on any atom is -0.465 e. The van der Waals surface area contributed by atoms with Crippen molar-refractivity contribution >= 4 is 5.95 Å². The predicted molar refractivity (Wildman–Crippen MR) is 84.8 cm³/mol. The van der Waals surface area contributed by atoms with Gasteiger partial charge in [-0.25, -0.2) is 9.97 Å². The third-order valence-electron chi connectivity index (χ3n) is 4.87. The van der Waals surface area contributed by atoms with Gasteiger partial charge in [0.05, 0.1) is 6.54 Å². The Morgan fingerprint density at radius 3 is 2.59 bits per heavy atom. The molecular formula is C17H22N4O. The van der Waals surface area contributed by atoms with Crippen molar-refractivity contribution in [1.29, 1.82) is 0 Å². The molecule has 5 nitrogen and oxygen atoms in total. The maximum absolute atomic E-state index is 5.74. The van der Waals surface area contributed by atoms with Crippen LogP contribution in [0.15, 0.2) is 28.9 Å². The number of nitrogens with zero attached hydrogens (tertiary/aromatic N) is 4. The summed E-state index contributed by atoms with van der Waals surface area (Å²) in [6.45, 7) is 7.11. The minimum atomic E-state index is 0.541. The van der Waals surface area contributed by atoms with Crippen molar-refractivity contribution in [3.05, 3.63) is 41.6 Å². The number of rotatable bonds is 3. The molecule has 2 aliphatic rings. The number of aryl methyl sites for hydroxylation is 2. The highest BCUT2D eigenvalue weighted by atomic mass is 16.3. The molecule has 2 aliphatic heterocycles. The summed E-state index contributed by atoms with van der Waals surface area (Å²) in [6.07, 6.45) is 6.19. The van der Waals surface area contributed by atoms with Crippen LogP contribution in [0.1, 0.15) is 29.9 Å². The first-order chi connectivity index (χ1) is 10.7. The molecule has 0 amide bonds. The minimum absolute atomic E-state index is 0.541. The highest BCUT2D eigenvalue weighted by molar-refractivity contribution is 5.36. The second-order valence-corrected chi connectivity index (χ2v) is 6.45. The smallest absolute Gasteiger partial charge is 0.225 e. The molecule has 4 heterocycles. The highest BCUT2D eigenvalue weighted by Crippen LogP contribution is 2.34. The van der Waals surface area contributed by atoms with E-state index in [0.29, 0.717) is 12.1 Å². The van der Waals surface area contributed by atoms with Gasteiger partial charge < -0.3 is 9.32 Å². The maximum atomic E-state index is 5.74. The van der Waals surface area contributed by atoms with E-state index in [1.165, 1.54) is 12.8 Å². The molecule has 0 saturated carbocycles. The number of hydrogen-bond donors (Lipinski definition) is 0. The maximum Gasteiger partial charge on any atom is 0.225 e. The number of aromatic nitrogens is 2. The van der Waals surface area contributed by atoms with Crippen molar-refractivity contribution in [3.8, 4) is 0 Å². The number of hydrogen-bond acceptors (Lipinski definition) is 5. The molecule has 0 spiro atoms. The lowest BCUT2D eigenvalue weighted by atomic mass is 10.1. The number of likely N-dealkylation sites (tertiary alicyclic amines) is 1. The summed E-state index contributed by atoms with van der Waals surface area (Å²) in [5, 5.41) is 0. The third-order valence-corrected chi connectivity index (χ3v) is 4.87. The Balaban J connectivity index is 1.48. The summed E-state index contributed by atoms with van der Waals surface area (Å²) in [5.74, 6) is 2.95. The van der Waals surface area contributed by atoms with Crippen molar-refractivity contribution in [1.82, 2.24) is 14.9 Å².